The third-order valence-corrected chi connectivity index (χ3v) is 3.84. The Morgan fingerprint density at radius 2 is 2.09 bits per heavy atom. The Labute approximate surface area is 143 Å². The van der Waals surface area contributed by atoms with Gasteiger partial charge in [-0.3, -0.25) is 4.79 Å². The number of halogens is 1. The van der Waals surface area contributed by atoms with E-state index < -0.39 is 0 Å². The molecule has 128 valence electrons. The molecule has 3 amide bonds. The van der Waals surface area contributed by atoms with E-state index >= 15 is 0 Å². The van der Waals surface area contributed by atoms with Crippen molar-refractivity contribution in [1.29, 1.82) is 0 Å². The van der Waals surface area contributed by atoms with Crippen molar-refractivity contribution in [3.05, 3.63) is 29.8 Å². The number of carbonyl (C=O) groups excluding carboxylic acids is 2. The Balaban J connectivity index is 0.00000264. The topological polar surface area (TPSA) is 64.7 Å². The van der Waals surface area contributed by atoms with E-state index in [1.54, 1.807) is 38.4 Å². The van der Waals surface area contributed by atoms with E-state index in [4.69, 9.17) is 0 Å². The third-order valence-electron chi connectivity index (χ3n) is 3.84. The van der Waals surface area contributed by atoms with Crippen LogP contribution < -0.4 is 10.6 Å². The molecule has 1 aromatic carbocycles. The predicted octanol–water partition coefficient (Wildman–Crippen LogP) is 2.03. The van der Waals surface area contributed by atoms with Gasteiger partial charge < -0.3 is 20.4 Å². The van der Waals surface area contributed by atoms with Crippen LogP contribution >= 0.6 is 12.4 Å². The van der Waals surface area contributed by atoms with Crippen LogP contribution in [0, 0.1) is 0 Å². The van der Waals surface area contributed by atoms with Crippen LogP contribution in [0.4, 0.5) is 10.5 Å². The number of hydrogen-bond acceptors (Lipinski definition) is 3. The third kappa shape index (κ3) is 4.84. The summed E-state index contributed by atoms with van der Waals surface area (Å²) in [5, 5.41) is 5.91. The zero-order valence-electron chi connectivity index (χ0n) is 13.8. The van der Waals surface area contributed by atoms with Gasteiger partial charge in [-0.15, -0.1) is 12.4 Å². The van der Waals surface area contributed by atoms with E-state index in [0.29, 0.717) is 11.3 Å². The number of likely N-dealkylation sites (tertiary alicyclic amines) is 1. The van der Waals surface area contributed by atoms with Crippen LogP contribution in [0.1, 0.15) is 23.2 Å². The summed E-state index contributed by atoms with van der Waals surface area (Å²) >= 11 is 0. The van der Waals surface area contributed by atoms with E-state index in [9.17, 15) is 9.59 Å². The number of likely N-dealkylation sites (N-methyl/N-ethyl adjacent to an activating group) is 1. The molecule has 0 radical (unpaired) electrons. The van der Waals surface area contributed by atoms with Gasteiger partial charge in [-0.25, -0.2) is 4.79 Å². The molecular formula is C16H25ClN4O2. The molecule has 1 aliphatic rings. The molecule has 0 aromatic heterocycles. The second-order valence-electron chi connectivity index (χ2n) is 5.76. The number of benzene rings is 1. The Hall–Kier alpha value is -1.79. The lowest BCUT2D eigenvalue weighted by molar-refractivity contribution is 0.0737. The number of urea groups is 1. The van der Waals surface area contributed by atoms with Crippen LogP contribution in [-0.4, -0.2) is 62.0 Å². The lowest BCUT2D eigenvalue weighted by Gasteiger charge is -2.24. The molecule has 0 bridgehead atoms. The molecule has 2 rings (SSSR count). The molecule has 7 heteroatoms. The standard InChI is InChI=1S/C16H24N4O2.ClH/c1-17-11-14-8-5-9-20(14)15(21)12-6-4-7-13(10-12)18-16(22)19(2)3;/h4,6-7,10,14,17H,5,8-9,11H2,1-3H3,(H,18,22);1H. The Kier molecular flexibility index (Phi) is 7.32. The number of amides is 3. The van der Waals surface area contributed by atoms with Crippen molar-refractivity contribution in [3.8, 4) is 0 Å². The monoisotopic (exact) mass is 340 g/mol. The van der Waals surface area contributed by atoms with Crippen molar-refractivity contribution < 1.29 is 9.59 Å². The fourth-order valence-electron chi connectivity index (χ4n) is 2.68. The normalized spacial score (nSPS) is 16.7. The lowest BCUT2D eigenvalue weighted by atomic mass is 10.1. The SMILES string of the molecule is CNCC1CCCN1C(=O)c1cccc(NC(=O)N(C)C)c1.Cl. The summed E-state index contributed by atoms with van der Waals surface area (Å²) in [5.74, 6) is 0.0266. The second-order valence-corrected chi connectivity index (χ2v) is 5.76. The second kappa shape index (κ2) is 8.74. The highest BCUT2D eigenvalue weighted by molar-refractivity contribution is 5.97. The number of nitrogens with zero attached hydrogens (tertiary/aromatic N) is 2. The maximum absolute atomic E-state index is 12.7. The summed E-state index contributed by atoms with van der Waals surface area (Å²) in [5.41, 5.74) is 1.24. The van der Waals surface area contributed by atoms with Crippen molar-refractivity contribution in [3.63, 3.8) is 0 Å². The van der Waals surface area contributed by atoms with Crippen molar-refractivity contribution in [2.75, 3.05) is 39.5 Å². The number of rotatable bonds is 4. The number of carbonyl (C=O) groups is 2. The summed E-state index contributed by atoms with van der Waals surface area (Å²) < 4.78 is 0. The van der Waals surface area contributed by atoms with Gasteiger partial charge in [0.2, 0.25) is 0 Å². The molecule has 23 heavy (non-hydrogen) atoms. The molecule has 1 aliphatic heterocycles. The average molecular weight is 341 g/mol. The lowest BCUT2D eigenvalue weighted by Crippen LogP contribution is -2.40. The van der Waals surface area contributed by atoms with E-state index in [-0.39, 0.29) is 30.4 Å². The van der Waals surface area contributed by atoms with E-state index in [1.165, 1.54) is 4.90 Å². The minimum atomic E-state index is -0.209. The van der Waals surface area contributed by atoms with Crippen LogP contribution in [0.2, 0.25) is 0 Å². The average Bonchev–Trinajstić information content (AvgIpc) is 2.95. The van der Waals surface area contributed by atoms with Crippen molar-refractivity contribution in [2.24, 2.45) is 0 Å². The molecule has 1 aromatic rings. The van der Waals surface area contributed by atoms with Gasteiger partial charge in [-0.1, -0.05) is 6.07 Å². The minimum absolute atomic E-state index is 0. The first-order valence-corrected chi connectivity index (χ1v) is 7.57. The molecule has 1 saturated heterocycles. The molecule has 2 N–H and O–H groups in total. The Morgan fingerprint density at radius 3 is 2.74 bits per heavy atom. The van der Waals surface area contributed by atoms with E-state index in [1.807, 2.05) is 11.9 Å². The Morgan fingerprint density at radius 1 is 1.35 bits per heavy atom. The highest BCUT2D eigenvalue weighted by atomic mass is 35.5. The molecule has 0 saturated carbocycles. The van der Waals surface area contributed by atoms with Gasteiger partial charge in [0, 0.05) is 44.5 Å². The van der Waals surface area contributed by atoms with Crippen molar-refractivity contribution in [2.45, 2.75) is 18.9 Å². The zero-order chi connectivity index (χ0) is 16.1. The molecule has 1 fully saturated rings. The van der Waals surface area contributed by atoms with Gasteiger partial charge in [0.15, 0.2) is 0 Å². The summed E-state index contributed by atoms with van der Waals surface area (Å²) in [6, 6.07) is 7.15. The predicted molar refractivity (Wildman–Crippen MR) is 94.4 cm³/mol. The summed E-state index contributed by atoms with van der Waals surface area (Å²) in [6.45, 7) is 1.60. The summed E-state index contributed by atoms with van der Waals surface area (Å²) in [7, 11) is 5.26. The maximum Gasteiger partial charge on any atom is 0.321 e. The molecule has 0 aliphatic carbocycles. The van der Waals surface area contributed by atoms with Crippen LogP contribution in [0.5, 0.6) is 0 Å². The summed E-state index contributed by atoms with van der Waals surface area (Å²) in [4.78, 5) is 27.8. The molecule has 0 spiro atoms. The van der Waals surface area contributed by atoms with Gasteiger partial charge in [-0.2, -0.15) is 0 Å². The van der Waals surface area contributed by atoms with Crippen LogP contribution in [0.15, 0.2) is 24.3 Å². The molecular weight excluding hydrogens is 316 g/mol. The first-order chi connectivity index (χ1) is 10.5. The molecule has 1 heterocycles. The fraction of sp³-hybridized carbons (Fsp3) is 0.500. The fourth-order valence-corrected chi connectivity index (χ4v) is 2.68. The maximum atomic E-state index is 12.7. The molecule has 1 unspecified atom stereocenters. The molecule has 1 atom stereocenters. The smallest absolute Gasteiger partial charge is 0.321 e. The highest BCUT2D eigenvalue weighted by Gasteiger charge is 2.28. The van der Waals surface area contributed by atoms with Gasteiger partial charge in [0.1, 0.15) is 0 Å². The number of nitrogens with one attached hydrogen (secondary N) is 2. The van der Waals surface area contributed by atoms with Crippen molar-refractivity contribution >= 4 is 30.0 Å². The van der Waals surface area contributed by atoms with E-state index in [0.717, 1.165) is 25.9 Å². The van der Waals surface area contributed by atoms with Crippen molar-refractivity contribution in [1.82, 2.24) is 15.1 Å². The quantitative estimate of drug-likeness (QED) is 0.881. The summed E-state index contributed by atoms with van der Waals surface area (Å²) in [6.07, 6.45) is 2.07. The van der Waals surface area contributed by atoms with Crippen LogP contribution in [0.3, 0.4) is 0 Å². The van der Waals surface area contributed by atoms with Gasteiger partial charge in [0.05, 0.1) is 0 Å². The molecule has 6 nitrogen and oxygen atoms in total. The highest BCUT2D eigenvalue weighted by Crippen LogP contribution is 2.21. The van der Waals surface area contributed by atoms with Crippen LogP contribution in [-0.2, 0) is 0 Å². The largest absolute Gasteiger partial charge is 0.334 e. The van der Waals surface area contributed by atoms with Crippen LogP contribution in [0.25, 0.3) is 0 Å². The number of hydrogen-bond donors (Lipinski definition) is 2. The van der Waals surface area contributed by atoms with Gasteiger partial charge in [0.25, 0.3) is 5.91 Å². The van der Waals surface area contributed by atoms with Gasteiger partial charge in [-0.05, 0) is 38.1 Å². The number of anilines is 1. The van der Waals surface area contributed by atoms with E-state index in [2.05, 4.69) is 10.6 Å². The zero-order valence-corrected chi connectivity index (χ0v) is 14.7. The minimum Gasteiger partial charge on any atom is -0.334 e. The first-order valence-electron chi connectivity index (χ1n) is 7.57. The Bertz CT molecular complexity index is 551. The van der Waals surface area contributed by atoms with Gasteiger partial charge >= 0.3 is 6.03 Å². The first kappa shape index (κ1) is 19.3.